The van der Waals surface area contributed by atoms with E-state index in [9.17, 15) is 14.7 Å². The first-order chi connectivity index (χ1) is 11.0. The first-order valence-electron chi connectivity index (χ1n) is 7.14. The molecule has 2 heterocycles. The largest absolute Gasteiger partial charge is 0.505 e. The highest BCUT2D eigenvalue weighted by atomic mass is 32.1. The summed E-state index contributed by atoms with van der Waals surface area (Å²) in [5.74, 6) is -0.853. The molecule has 0 aliphatic rings. The third-order valence-corrected chi connectivity index (χ3v) is 4.76. The van der Waals surface area contributed by atoms with Crippen LogP contribution in [0.5, 0.6) is 5.75 Å². The number of aryl methyl sites for hydroxylation is 2. The second-order valence-electron chi connectivity index (χ2n) is 5.44. The van der Waals surface area contributed by atoms with Gasteiger partial charge in [0.2, 0.25) is 0 Å². The first kappa shape index (κ1) is 15.3. The van der Waals surface area contributed by atoms with E-state index in [1.807, 2.05) is 32.0 Å². The lowest BCUT2D eigenvalue weighted by atomic mass is 10.1. The van der Waals surface area contributed by atoms with E-state index in [0.717, 1.165) is 11.1 Å². The van der Waals surface area contributed by atoms with Gasteiger partial charge in [-0.3, -0.25) is 9.59 Å². The molecule has 0 fully saturated rings. The fourth-order valence-electron chi connectivity index (χ4n) is 2.39. The molecule has 23 heavy (non-hydrogen) atoms. The summed E-state index contributed by atoms with van der Waals surface area (Å²) in [6.45, 7) is 4.31. The summed E-state index contributed by atoms with van der Waals surface area (Å²) < 4.78 is 0.501. The number of hydrogen-bond donors (Lipinski definition) is 3. The number of thiophene rings is 1. The Morgan fingerprint density at radius 1 is 1.26 bits per heavy atom. The van der Waals surface area contributed by atoms with Gasteiger partial charge in [0.25, 0.3) is 11.5 Å². The van der Waals surface area contributed by atoms with Gasteiger partial charge in [0.05, 0.1) is 10.2 Å². The minimum atomic E-state index is -0.592. The number of aromatic hydroxyl groups is 1. The molecule has 0 bridgehead atoms. The Morgan fingerprint density at radius 3 is 2.78 bits per heavy atom. The van der Waals surface area contributed by atoms with Gasteiger partial charge in [0.15, 0.2) is 5.75 Å². The maximum atomic E-state index is 12.3. The van der Waals surface area contributed by atoms with Crippen LogP contribution in [0, 0.1) is 13.8 Å². The van der Waals surface area contributed by atoms with E-state index in [-0.39, 0.29) is 11.3 Å². The number of aromatic amines is 1. The molecular weight excluding hydrogens is 312 g/mol. The number of carbonyl (C=O) groups is 1. The lowest BCUT2D eigenvalue weighted by molar-refractivity contribution is 0.0947. The Labute approximate surface area is 136 Å². The van der Waals surface area contributed by atoms with E-state index < -0.39 is 11.5 Å². The second-order valence-corrected chi connectivity index (χ2v) is 6.36. The molecule has 0 saturated carbocycles. The molecular formula is C17H16N2O3S. The summed E-state index contributed by atoms with van der Waals surface area (Å²) in [5, 5.41) is 14.6. The van der Waals surface area contributed by atoms with Crippen LogP contribution < -0.4 is 10.9 Å². The second kappa shape index (κ2) is 5.89. The lowest BCUT2D eigenvalue weighted by Gasteiger charge is -2.08. The summed E-state index contributed by atoms with van der Waals surface area (Å²) in [5.41, 5.74) is 2.95. The van der Waals surface area contributed by atoms with Crippen LogP contribution in [0.2, 0.25) is 0 Å². The van der Waals surface area contributed by atoms with Crippen molar-refractivity contribution in [2.24, 2.45) is 0 Å². The van der Waals surface area contributed by atoms with Crippen LogP contribution in [-0.2, 0) is 6.54 Å². The van der Waals surface area contributed by atoms with E-state index >= 15 is 0 Å². The molecule has 0 aliphatic heterocycles. The third kappa shape index (κ3) is 2.85. The molecule has 1 amide bonds. The van der Waals surface area contributed by atoms with Crippen LogP contribution in [0.4, 0.5) is 0 Å². The van der Waals surface area contributed by atoms with Gasteiger partial charge in [0, 0.05) is 6.54 Å². The molecule has 3 N–H and O–H groups in total. The van der Waals surface area contributed by atoms with Gasteiger partial charge in [-0.05, 0) is 42.0 Å². The Hall–Kier alpha value is -2.60. The molecule has 3 aromatic rings. The predicted octanol–water partition coefficient (Wildman–Crippen LogP) is 2.84. The van der Waals surface area contributed by atoms with Crippen LogP contribution in [0.25, 0.3) is 10.2 Å². The number of amides is 1. The van der Waals surface area contributed by atoms with Crippen molar-refractivity contribution in [3.8, 4) is 5.75 Å². The van der Waals surface area contributed by atoms with E-state index in [1.165, 1.54) is 16.9 Å². The predicted molar refractivity (Wildman–Crippen MR) is 91.2 cm³/mol. The van der Waals surface area contributed by atoms with Gasteiger partial charge in [-0.15, -0.1) is 11.3 Å². The summed E-state index contributed by atoms with van der Waals surface area (Å²) >= 11 is 1.27. The number of nitrogens with one attached hydrogen (secondary N) is 2. The number of hydrogen-bond acceptors (Lipinski definition) is 4. The van der Waals surface area contributed by atoms with Crippen molar-refractivity contribution in [2.75, 3.05) is 0 Å². The van der Waals surface area contributed by atoms with Crippen molar-refractivity contribution in [1.29, 1.82) is 0 Å². The van der Waals surface area contributed by atoms with Crippen molar-refractivity contribution in [3.05, 3.63) is 62.3 Å². The fraction of sp³-hybridized carbons (Fsp3) is 0.176. The minimum absolute atomic E-state index is 0.246. The van der Waals surface area contributed by atoms with Gasteiger partial charge < -0.3 is 15.4 Å². The highest BCUT2D eigenvalue weighted by Crippen LogP contribution is 2.29. The average Bonchev–Trinajstić information content (AvgIpc) is 2.97. The average molecular weight is 328 g/mol. The Bertz CT molecular complexity index is 956. The van der Waals surface area contributed by atoms with Crippen LogP contribution >= 0.6 is 11.3 Å². The van der Waals surface area contributed by atoms with Gasteiger partial charge >= 0.3 is 0 Å². The molecule has 5 nitrogen and oxygen atoms in total. The van der Waals surface area contributed by atoms with Gasteiger partial charge in [-0.2, -0.15) is 0 Å². The minimum Gasteiger partial charge on any atom is -0.505 e. The topological polar surface area (TPSA) is 82.2 Å². The number of carbonyl (C=O) groups excluding carboxylic acids is 1. The normalized spacial score (nSPS) is 10.9. The SMILES string of the molecule is Cc1ccc(CNC(=O)c2c(O)c3sccc3[nH]c2=O)cc1C. The van der Waals surface area contributed by atoms with Crippen LogP contribution in [0.15, 0.2) is 34.4 Å². The lowest BCUT2D eigenvalue weighted by Crippen LogP contribution is -2.29. The number of pyridine rings is 1. The van der Waals surface area contributed by atoms with Crippen molar-refractivity contribution < 1.29 is 9.90 Å². The highest BCUT2D eigenvalue weighted by molar-refractivity contribution is 7.17. The molecule has 6 heteroatoms. The van der Waals surface area contributed by atoms with Crippen molar-refractivity contribution >= 4 is 27.5 Å². The molecule has 0 saturated heterocycles. The van der Waals surface area contributed by atoms with Crippen LogP contribution in [0.1, 0.15) is 27.0 Å². The standard InChI is InChI=1S/C17H16N2O3S/c1-9-3-4-11(7-10(9)2)8-18-16(21)13-14(20)15-12(5-6-23-15)19-17(13)22/h3-7H,8H2,1-2H3,(H,18,21)(H2,19,20,22). The van der Waals surface area contributed by atoms with E-state index in [0.29, 0.717) is 16.8 Å². The van der Waals surface area contributed by atoms with Crippen molar-refractivity contribution in [2.45, 2.75) is 20.4 Å². The fourth-order valence-corrected chi connectivity index (χ4v) is 3.19. The van der Waals surface area contributed by atoms with Gasteiger partial charge in [-0.1, -0.05) is 18.2 Å². The number of rotatable bonds is 3. The molecule has 2 aromatic heterocycles. The van der Waals surface area contributed by atoms with E-state index in [2.05, 4.69) is 10.3 Å². The zero-order chi connectivity index (χ0) is 16.6. The molecule has 0 atom stereocenters. The Kier molecular flexibility index (Phi) is 3.92. The number of fused-ring (bicyclic) bond motifs is 1. The quantitative estimate of drug-likeness (QED) is 0.691. The smallest absolute Gasteiger partial charge is 0.265 e. The zero-order valence-electron chi connectivity index (χ0n) is 12.8. The summed E-state index contributed by atoms with van der Waals surface area (Å²) in [6.07, 6.45) is 0. The maximum absolute atomic E-state index is 12.3. The molecule has 1 aromatic carbocycles. The Balaban J connectivity index is 1.86. The summed E-state index contributed by atoms with van der Waals surface area (Å²) in [4.78, 5) is 26.9. The molecule has 0 radical (unpaired) electrons. The zero-order valence-corrected chi connectivity index (χ0v) is 13.6. The number of aromatic nitrogens is 1. The number of H-pyrrole nitrogens is 1. The van der Waals surface area contributed by atoms with E-state index in [1.54, 1.807) is 11.4 Å². The van der Waals surface area contributed by atoms with E-state index in [4.69, 9.17) is 0 Å². The molecule has 0 spiro atoms. The highest BCUT2D eigenvalue weighted by Gasteiger charge is 2.19. The van der Waals surface area contributed by atoms with Crippen LogP contribution in [0.3, 0.4) is 0 Å². The van der Waals surface area contributed by atoms with Gasteiger partial charge in [0.1, 0.15) is 5.56 Å². The Morgan fingerprint density at radius 2 is 2.04 bits per heavy atom. The van der Waals surface area contributed by atoms with Crippen molar-refractivity contribution in [3.63, 3.8) is 0 Å². The molecule has 0 unspecified atom stereocenters. The molecule has 0 aliphatic carbocycles. The van der Waals surface area contributed by atoms with Crippen molar-refractivity contribution in [1.82, 2.24) is 10.3 Å². The van der Waals surface area contributed by atoms with Gasteiger partial charge in [-0.25, -0.2) is 0 Å². The maximum Gasteiger partial charge on any atom is 0.265 e. The summed E-state index contributed by atoms with van der Waals surface area (Å²) in [6, 6.07) is 7.59. The first-order valence-corrected chi connectivity index (χ1v) is 8.02. The molecule has 3 rings (SSSR count). The summed E-state index contributed by atoms with van der Waals surface area (Å²) in [7, 11) is 0. The van der Waals surface area contributed by atoms with Crippen LogP contribution in [-0.4, -0.2) is 16.0 Å². The third-order valence-electron chi connectivity index (χ3n) is 3.84. The number of benzene rings is 1. The monoisotopic (exact) mass is 328 g/mol. The molecule has 118 valence electrons.